The van der Waals surface area contributed by atoms with E-state index in [1.807, 2.05) is 0 Å². The number of halogens is 4. The predicted molar refractivity (Wildman–Crippen MR) is 73.5 cm³/mol. The lowest BCUT2D eigenvalue weighted by Gasteiger charge is -2.06. The van der Waals surface area contributed by atoms with Gasteiger partial charge >= 0.3 is 12.1 Å². The number of hydrogen-bond donors (Lipinski definition) is 1. The van der Waals surface area contributed by atoms with Gasteiger partial charge in [-0.2, -0.15) is 18.2 Å². The molecular weight excluding hydrogens is 334 g/mol. The second-order valence-electron chi connectivity index (χ2n) is 4.57. The lowest BCUT2D eigenvalue weighted by molar-refractivity contribution is -0.159. The van der Waals surface area contributed by atoms with Gasteiger partial charge in [-0.1, -0.05) is 11.2 Å². The summed E-state index contributed by atoms with van der Waals surface area (Å²) in [5.74, 6) is -3.54. The van der Waals surface area contributed by atoms with E-state index in [0.717, 1.165) is 12.1 Å². The van der Waals surface area contributed by atoms with Crippen LogP contribution >= 0.6 is 0 Å². The highest BCUT2D eigenvalue weighted by Gasteiger charge is 2.38. The van der Waals surface area contributed by atoms with Crippen LogP contribution in [0.25, 0.3) is 11.4 Å². The molecular formula is C14H13F4N3O3. The molecule has 2 aromatic rings. The molecule has 0 spiro atoms. The molecule has 0 saturated heterocycles. The summed E-state index contributed by atoms with van der Waals surface area (Å²) in [6.07, 6.45) is -4.79. The first kappa shape index (κ1) is 17.9. The van der Waals surface area contributed by atoms with Gasteiger partial charge in [0, 0.05) is 18.7 Å². The molecule has 0 aliphatic carbocycles. The standard InChI is InChI=1S/C14H13F4N3O3/c1-2-23-6-5-19-12(22)9-4-3-8(7-10(9)15)11-20-13(24-21-11)14(16,17)18/h3-4,7H,2,5-6H2,1H3,(H,19,22). The van der Waals surface area contributed by atoms with Crippen LogP contribution in [-0.4, -0.2) is 35.8 Å². The number of carbonyl (C=O) groups excluding carboxylic acids is 1. The van der Waals surface area contributed by atoms with Crippen LogP contribution in [0.1, 0.15) is 23.2 Å². The highest BCUT2D eigenvalue weighted by Crippen LogP contribution is 2.29. The van der Waals surface area contributed by atoms with E-state index in [9.17, 15) is 22.4 Å². The van der Waals surface area contributed by atoms with Crippen LogP contribution < -0.4 is 5.32 Å². The minimum Gasteiger partial charge on any atom is -0.380 e. The molecule has 0 unspecified atom stereocenters. The first-order chi connectivity index (χ1) is 11.3. The summed E-state index contributed by atoms with van der Waals surface area (Å²) >= 11 is 0. The Hall–Kier alpha value is -2.49. The Morgan fingerprint density at radius 1 is 1.38 bits per heavy atom. The lowest BCUT2D eigenvalue weighted by Crippen LogP contribution is -2.28. The van der Waals surface area contributed by atoms with E-state index in [1.165, 1.54) is 6.07 Å². The third-order valence-corrected chi connectivity index (χ3v) is 2.88. The van der Waals surface area contributed by atoms with Crippen molar-refractivity contribution in [3.8, 4) is 11.4 Å². The van der Waals surface area contributed by atoms with Gasteiger partial charge in [-0.3, -0.25) is 4.79 Å². The minimum atomic E-state index is -4.79. The van der Waals surface area contributed by atoms with Gasteiger partial charge in [0.2, 0.25) is 5.82 Å². The molecule has 6 nitrogen and oxygen atoms in total. The number of hydrogen-bond acceptors (Lipinski definition) is 5. The molecule has 0 aliphatic rings. The van der Waals surface area contributed by atoms with Gasteiger partial charge in [0.1, 0.15) is 5.82 Å². The van der Waals surface area contributed by atoms with E-state index in [1.54, 1.807) is 6.92 Å². The lowest BCUT2D eigenvalue weighted by atomic mass is 10.1. The Bertz CT molecular complexity index is 716. The number of benzene rings is 1. The highest BCUT2D eigenvalue weighted by molar-refractivity contribution is 5.94. The van der Waals surface area contributed by atoms with E-state index in [-0.39, 0.29) is 24.3 Å². The van der Waals surface area contributed by atoms with E-state index in [2.05, 4.69) is 20.0 Å². The average Bonchev–Trinajstić information content (AvgIpc) is 3.01. The summed E-state index contributed by atoms with van der Waals surface area (Å²) in [5.41, 5.74) is -0.299. The summed E-state index contributed by atoms with van der Waals surface area (Å²) in [6, 6.07) is 3.22. The van der Waals surface area contributed by atoms with Crippen LogP contribution in [0.5, 0.6) is 0 Å². The number of amides is 1. The normalized spacial score (nSPS) is 11.5. The van der Waals surface area contributed by atoms with Crippen molar-refractivity contribution in [2.24, 2.45) is 0 Å². The molecule has 0 radical (unpaired) electrons. The number of carbonyl (C=O) groups is 1. The van der Waals surface area contributed by atoms with Crippen molar-refractivity contribution in [3.05, 3.63) is 35.5 Å². The van der Waals surface area contributed by atoms with Gasteiger partial charge in [0.15, 0.2) is 0 Å². The molecule has 0 atom stereocenters. The maximum absolute atomic E-state index is 14.0. The van der Waals surface area contributed by atoms with Crippen LogP contribution in [0.4, 0.5) is 17.6 Å². The fourth-order valence-electron chi connectivity index (χ4n) is 1.77. The van der Waals surface area contributed by atoms with Crippen molar-refractivity contribution < 1.29 is 31.6 Å². The third kappa shape index (κ3) is 4.28. The van der Waals surface area contributed by atoms with Gasteiger partial charge in [-0.05, 0) is 19.1 Å². The fourth-order valence-corrected chi connectivity index (χ4v) is 1.77. The summed E-state index contributed by atoms with van der Waals surface area (Å²) in [5, 5.41) is 5.60. The summed E-state index contributed by atoms with van der Waals surface area (Å²) in [6.45, 7) is 2.77. The largest absolute Gasteiger partial charge is 0.471 e. The molecule has 1 N–H and O–H groups in total. The summed E-state index contributed by atoms with van der Waals surface area (Å²) in [4.78, 5) is 15.0. The van der Waals surface area contributed by atoms with Crippen molar-refractivity contribution in [1.82, 2.24) is 15.5 Å². The molecule has 0 fully saturated rings. The molecule has 1 heterocycles. The second kappa shape index (κ2) is 7.39. The molecule has 1 aromatic heterocycles. The summed E-state index contributed by atoms with van der Waals surface area (Å²) in [7, 11) is 0. The van der Waals surface area contributed by atoms with Crippen LogP contribution in [0.15, 0.2) is 22.7 Å². The quantitative estimate of drug-likeness (QED) is 0.642. The molecule has 1 aromatic carbocycles. The molecule has 0 aliphatic heterocycles. The van der Waals surface area contributed by atoms with Crippen LogP contribution in [0, 0.1) is 5.82 Å². The maximum atomic E-state index is 14.0. The molecule has 24 heavy (non-hydrogen) atoms. The first-order valence-corrected chi connectivity index (χ1v) is 6.89. The Labute approximate surface area is 133 Å². The second-order valence-corrected chi connectivity index (χ2v) is 4.57. The van der Waals surface area contributed by atoms with Crippen LogP contribution in [-0.2, 0) is 10.9 Å². The van der Waals surface area contributed by atoms with Crippen LogP contribution in [0.2, 0.25) is 0 Å². The predicted octanol–water partition coefficient (Wildman–Crippen LogP) is 2.66. The fraction of sp³-hybridized carbons (Fsp3) is 0.357. The molecule has 0 saturated carbocycles. The van der Waals surface area contributed by atoms with Crippen molar-refractivity contribution in [3.63, 3.8) is 0 Å². The monoisotopic (exact) mass is 347 g/mol. The number of ether oxygens (including phenoxy) is 1. The molecule has 1 amide bonds. The van der Waals surface area contributed by atoms with Crippen molar-refractivity contribution >= 4 is 5.91 Å². The number of alkyl halides is 3. The van der Waals surface area contributed by atoms with Gasteiger partial charge in [0.05, 0.1) is 12.2 Å². The Morgan fingerprint density at radius 2 is 2.12 bits per heavy atom. The van der Waals surface area contributed by atoms with Gasteiger partial charge in [0.25, 0.3) is 5.91 Å². The number of rotatable bonds is 6. The Balaban J connectivity index is 2.12. The zero-order valence-electron chi connectivity index (χ0n) is 12.5. The van der Waals surface area contributed by atoms with E-state index < -0.39 is 29.6 Å². The molecule has 2 rings (SSSR count). The average molecular weight is 347 g/mol. The number of nitrogens with one attached hydrogen (secondary N) is 1. The third-order valence-electron chi connectivity index (χ3n) is 2.88. The number of nitrogens with zero attached hydrogens (tertiary/aromatic N) is 2. The smallest absolute Gasteiger partial charge is 0.380 e. The Kier molecular flexibility index (Phi) is 5.50. The zero-order valence-corrected chi connectivity index (χ0v) is 12.5. The van der Waals surface area contributed by atoms with Crippen LogP contribution in [0.3, 0.4) is 0 Å². The maximum Gasteiger partial charge on any atom is 0.471 e. The first-order valence-electron chi connectivity index (χ1n) is 6.89. The van der Waals surface area contributed by atoms with Gasteiger partial charge in [-0.15, -0.1) is 0 Å². The van der Waals surface area contributed by atoms with Crippen molar-refractivity contribution in [2.75, 3.05) is 19.8 Å². The topological polar surface area (TPSA) is 77.2 Å². The summed E-state index contributed by atoms with van der Waals surface area (Å²) < 4.78 is 60.3. The van der Waals surface area contributed by atoms with E-state index in [4.69, 9.17) is 4.74 Å². The van der Waals surface area contributed by atoms with E-state index >= 15 is 0 Å². The highest BCUT2D eigenvalue weighted by atomic mass is 19.4. The molecule has 0 bridgehead atoms. The van der Waals surface area contributed by atoms with E-state index in [0.29, 0.717) is 6.61 Å². The molecule has 130 valence electrons. The van der Waals surface area contributed by atoms with Gasteiger partial charge < -0.3 is 14.6 Å². The number of aromatic nitrogens is 2. The molecule has 10 heteroatoms. The van der Waals surface area contributed by atoms with Gasteiger partial charge in [-0.25, -0.2) is 4.39 Å². The Morgan fingerprint density at radius 3 is 2.71 bits per heavy atom. The zero-order chi connectivity index (χ0) is 17.7. The minimum absolute atomic E-state index is 0.0439. The van der Waals surface area contributed by atoms with Crippen molar-refractivity contribution in [2.45, 2.75) is 13.1 Å². The van der Waals surface area contributed by atoms with Crippen molar-refractivity contribution in [1.29, 1.82) is 0 Å². The SMILES string of the molecule is CCOCCNC(=O)c1ccc(-c2noc(C(F)(F)F)n2)cc1F.